The smallest absolute Gasteiger partial charge is 0.384 e. The highest BCUT2D eigenvalue weighted by Gasteiger charge is 2.31. The van der Waals surface area contributed by atoms with Crippen LogP contribution >= 0.6 is 0 Å². The van der Waals surface area contributed by atoms with Gasteiger partial charge < -0.3 is 24.2 Å². The summed E-state index contributed by atoms with van der Waals surface area (Å²) in [5.41, 5.74) is 0.863. The van der Waals surface area contributed by atoms with Crippen LogP contribution in [-0.2, 0) is 34.9 Å². The Labute approximate surface area is 207 Å². The first-order chi connectivity index (χ1) is 16.8. The van der Waals surface area contributed by atoms with Crippen LogP contribution in [0.2, 0.25) is 5.82 Å². The van der Waals surface area contributed by atoms with Crippen molar-refractivity contribution in [2.45, 2.75) is 45.0 Å². The van der Waals surface area contributed by atoms with E-state index in [4.69, 9.17) is 24.3 Å². The predicted molar refractivity (Wildman–Crippen MR) is 131 cm³/mol. The molecule has 0 aliphatic carbocycles. The molecule has 1 radical (unpaired) electrons. The van der Waals surface area contributed by atoms with Crippen molar-refractivity contribution in [3.63, 3.8) is 0 Å². The zero-order chi connectivity index (χ0) is 25.6. The lowest BCUT2D eigenvalue weighted by Crippen LogP contribution is -2.45. The molecule has 0 saturated carbocycles. The number of benzene rings is 1. The Balaban J connectivity index is 2.31. The molecular weight excluding hydrogens is 451 g/mol. The summed E-state index contributed by atoms with van der Waals surface area (Å²) in [4.78, 5) is 38.6. The van der Waals surface area contributed by atoms with Crippen LogP contribution in [0, 0.1) is 17.2 Å². The molecule has 3 rings (SSSR count). The first kappa shape index (κ1) is 28.1. The maximum Gasteiger partial charge on any atom is 0.384 e. The second kappa shape index (κ2) is 15.0. The molecule has 1 aromatic rings. The number of Topliss-reactive ketones (excluding diaryl/α,β-unsaturated/α-hetero) is 1. The van der Waals surface area contributed by atoms with Gasteiger partial charge in [-0.05, 0) is 42.5 Å². The summed E-state index contributed by atoms with van der Waals surface area (Å²) in [6.45, 7) is 4.50. The molecule has 2 heterocycles. The van der Waals surface area contributed by atoms with Gasteiger partial charge in [0, 0.05) is 6.42 Å². The van der Waals surface area contributed by atoms with Crippen LogP contribution in [0.3, 0.4) is 0 Å². The molecule has 0 spiro atoms. The number of carbonyl (C=O) groups excluding carboxylic acids is 3. The van der Waals surface area contributed by atoms with Gasteiger partial charge in [0.25, 0.3) is 0 Å². The molecule has 1 aromatic carbocycles. The van der Waals surface area contributed by atoms with Crippen LogP contribution in [0.15, 0.2) is 36.4 Å². The van der Waals surface area contributed by atoms with Gasteiger partial charge in [0.1, 0.15) is 18.8 Å². The molecule has 10 heteroatoms. The summed E-state index contributed by atoms with van der Waals surface area (Å²) >= 11 is 0. The third kappa shape index (κ3) is 9.94. The summed E-state index contributed by atoms with van der Waals surface area (Å²) in [6.07, 6.45) is 4.92. The van der Waals surface area contributed by atoms with Crippen molar-refractivity contribution in [3.05, 3.63) is 42.0 Å². The Kier molecular flexibility index (Phi) is 12.0. The van der Waals surface area contributed by atoms with E-state index >= 15 is 0 Å². The van der Waals surface area contributed by atoms with Crippen molar-refractivity contribution in [3.8, 4) is 5.75 Å². The molecule has 0 unspecified atom stereocenters. The lowest BCUT2D eigenvalue weighted by molar-refractivity contribution is -0.149. The van der Waals surface area contributed by atoms with E-state index in [1.165, 1.54) is 14.6 Å². The van der Waals surface area contributed by atoms with Gasteiger partial charge in [-0.1, -0.05) is 32.1 Å². The molecule has 0 fully saturated rings. The number of fused-ring (bicyclic) bond motifs is 15. The van der Waals surface area contributed by atoms with E-state index in [1.54, 1.807) is 12.2 Å². The van der Waals surface area contributed by atoms with Gasteiger partial charge in [-0.15, -0.1) is 0 Å². The van der Waals surface area contributed by atoms with Crippen LogP contribution in [-0.4, -0.2) is 64.5 Å². The van der Waals surface area contributed by atoms with Gasteiger partial charge in [0.15, 0.2) is 5.78 Å². The topological polar surface area (TPSA) is 124 Å². The summed E-state index contributed by atoms with van der Waals surface area (Å²) < 4.78 is 21.1. The Bertz CT molecular complexity index is 873. The average Bonchev–Trinajstić information content (AvgIpc) is 2.84. The van der Waals surface area contributed by atoms with Crippen molar-refractivity contribution >= 4 is 31.5 Å². The Morgan fingerprint density at radius 1 is 1.20 bits per heavy atom. The van der Waals surface area contributed by atoms with E-state index in [0.29, 0.717) is 25.2 Å². The number of rotatable bonds is 6. The molecule has 189 valence electrons. The second-order valence-electron chi connectivity index (χ2n) is 8.75. The first-order valence-electron chi connectivity index (χ1n) is 11.7. The number of hydrogen-bond donors (Lipinski definition) is 2. The number of amides is 1. The number of hydrogen-bond acceptors (Lipinski definition) is 8. The molecule has 1 amide bonds. The predicted octanol–water partition coefficient (Wildman–Crippen LogP) is 2.50. The van der Waals surface area contributed by atoms with Crippen LogP contribution in [0.5, 0.6) is 5.75 Å². The minimum atomic E-state index is -0.789. The number of esters is 1. The highest BCUT2D eigenvalue weighted by atomic mass is 16.5. The molecule has 2 aliphatic rings. The first-order valence-corrected chi connectivity index (χ1v) is 11.7. The summed E-state index contributed by atoms with van der Waals surface area (Å²) in [7, 11) is 2.55. The number of ether oxygens (including phenoxy) is 3. The SMILES string of the molecule is COC(=O)[C@@H]1COC/C=C\COc2ccc(cc2)C[C@H]([B]OC=N)C(=O)N[C@@H](CC(C)C)C(=O)C1. The fourth-order valence-corrected chi connectivity index (χ4v) is 3.65. The molecule has 2 aliphatic heterocycles. The van der Waals surface area contributed by atoms with Crippen LogP contribution < -0.4 is 10.1 Å². The Morgan fingerprint density at radius 3 is 2.57 bits per heavy atom. The van der Waals surface area contributed by atoms with Gasteiger partial charge in [-0.2, -0.15) is 0 Å². The minimum absolute atomic E-state index is 0.0106. The average molecular weight is 485 g/mol. The van der Waals surface area contributed by atoms with Crippen molar-refractivity contribution in [2.75, 3.05) is 26.9 Å². The molecule has 35 heavy (non-hydrogen) atoms. The maximum absolute atomic E-state index is 13.2. The quantitative estimate of drug-likeness (QED) is 0.209. The van der Waals surface area contributed by atoms with Crippen LogP contribution in [0.25, 0.3) is 0 Å². The maximum atomic E-state index is 13.2. The van der Waals surface area contributed by atoms with Gasteiger partial charge in [0.05, 0.1) is 38.1 Å². The number of methoxy groups -OCH3 is 1. The molecular formula is C25H34BN2O7. The zero-order valence-electron chi connectivity index (χ0n) is 20.5. The minimum Gasteiger partial charge on any atom is -0.555 e. The van der Waals surface area contributed by atoms with Gasteiger partial charge in [0.2, 0.25) is 5.91 Å². The zero-order valence-corrected chi connectivity index (χ0v) is 20.5. The van der Waals surface area contributed by atoms with E-state index < -0.39 is 29.7 Å². The molecule has 0 aromatic heterocycles. The van der Waals surface area contributed by atoms with E-state index in [0.717, 1.165) is 12.0 Å². The normalized spacial score (nSPS) is 23.1. The fourth-order valence-electron chi connectivity index (χ4n) is 3.65. The van der Waals surface area contributed by atoms with Gasteiger partial charge in [-0.25, -0.2) is 0 Å². The summed E-state index contributed by atoms with van der Waals surface area (Å²) in [5.74, 6) is -1.95. The molecule has 0 saturated heterocycles. The van der Waals surface area contributed by atoms with E-state index in [1.807, 2.05) is 38.1 Å². The number of ketones is 1. The monoisotopic (exact) mass is 485 g/mol. The summed E-state index contributed by atoms with van der Waals surface area (Å²) in [6, 6.07) is 6.54. The molecule has 9 nitrogen and oxygen atoms in total. The molecule has 3 atom stereocenters. The molecule has 2 bridgehead atoms. The Hall–Kier alpha value is -3.14. The summed E-state index contributed by atoms with van der Waals surface area (Å²) in [5, 5.41) is 9.99. The standard InChI is InChI=1S/C25H34BN2O7/c1-17(2)12-22-23(29)14-19(25(31)32-3)15-33-10-4-5-11-34-20-8-6-18(7-9-20)13-21(24(30)28-22)26-35-16-27/h4-9,16-17,19,21-22,27H,10-15H2,1-3H3,(H,28,30)/b5-4-,27-16?/t19-,21-,22-/m0/s1. The fraction of sp³-hybridized carbons (Fsp3) is 0.520. The van der Waals surface area contributed by atoms with Crippen molar-refractivity contribution in [1.82, 2.24) is 5.32 Å². The van der Waals surface area contributed by atoms with Crippen LogP contribution in [0.4, 0.5) is 0 Å². The number of nitrogens with one attached hydrogen (secondary N) is 2. The van der Waals surface area contributed by atoms with Gasteiger partial charge >= 0.3 is 13.5 Å². The third-order valence-corrected chi connectivity index (χ3v) is 5.47. The lowest BCUT2D eigenvalue weighted by Gasteiger charge is -2.24. The lowest BCUT2D eigenvalue weighted by atomic mass is 9.75. The van der Waals surface area contributed by atoms with Crippen LogP contribution in [0.1, 0.15) is 32.3 Å². The van der Waals surface area contributed by atoms with Crippen molar-refractivity contribution in [2.24, 2.45) is 11.8 Å². The highest BCUT2D eigenvalue weighted by molar-refractivity contribution is 6.39. The van der Waals surface area contributed by atoms with Crippen molar-refractivity contribution < 1.29 is 33.2 Å². The van der Waals surface area contributed by atoms with E-state index in [-0.39, 0.29) is 31.3 Å². The van der Waals surface area contributed by atoms with E-state index in [2.05, 4.69) is 5.32 Å². The van der Waals surface area contributed by atoms with E-state index in [9.17, 15) is 14.4 Å². The molecule has 2 N–H and O–H groups in total. The van der Waals surface area contributed by atoms with Crippen molar-refractivity contribution in [1.29, 1.82) is 5.41 Å². The Morgan fingerprint density at radius 2 is 1.91 bits per heavy atom. The van der Waals surface area contributed by atoms with Gasteiger partial charge in [-0.3, -0.25) is 19.8 Å². The second-order valence-corrected chi connectivity index (χ2v) is 8.75. The third-order valence-electron chi connectivity index (χ3n) is 5.47. The largest absolute Gasteiger partial charge is 0.555 e. The highest BCUT2D eigenvalue weighted by Crippen LogP contribution is 2.20. The number of carbonyl (C=O) groups is 3.